The van der Waals surface area contributed by atoms with Gasteiger partial charge in [-0.2, -0.15) is 0 Å². The van der Waals surface area contributed by atoms with Crippen LogP contribution in [0.15, 0.2) is 0 Å². The Labute approximate surface area is 112 Å². The molecule has 100 valence electrons. The lowest BCUT2D eigenvalue weighted by Gasteiger charge is -2.38. The highest BCUT2D eigenvalue weighted by Gasteiger charge is 2.30. The maximum atomic E-state index is 11.9. The number of piperidine rings is 1. The van der Waals surface area contributed by atoms with E-state index in [4.69, 9.17) is 0 Å². The summed E-state index contributed by atoms with van der Waals surface area (Å²) in [6.07, 6.45) is 9.67. The molecule has 0 aromatic rings. The standard InChI is InChI=1S/C14H25NO.ClH/c1-2-5-12-8-10-15(11-9-12)13-6-3-4-7-14(13)16;/h12-13H,2-11H2,1H3;1H. The molecule has 1 aliphatic heterocycles. The van der Waals surface area contributed by atoms with Gasteiger partial charge in [-0.25, -0.2) is 0 Å². The third-order valence-electron chi connectivity index (χ3n) is 4.31. The van der Waals surface area contributed by atoms with Crippen LogP contribution in [0.3, 0.4) is 0 Å². The number of likely N-dealkylation sites (tertiary alicyclic amines) is 1. The molecule has 3 heteroatoms. The number of ketones is 1. The van der Waals surface area contributed by atoms with Gasteiger partial charge in [0.1, 0.15) is 5.78 Å². The largest absolute Gasteiger partial charge is 0.298 e. The summed E-state index contributed by atoms with van der Waals surface area (Å²) in [4.78, 5) is 14.3. The smallest absolute Gasteiger partial charge is 0.149 e. The first-order chi connectivity index (χ1) is 7.81. The van der Waals surface area contributed by atoms with Crippen molar-refractivity contribution >= 4 is 18.2 Å². The molecule has 2 aliphatic rings. The molecule has 0 bridgehead atoms. The van der Waals surface area contributed by atoms with Crippen LogP contribution >= 0.6 is 12.4 Å². The molecule has 0 amide bonds. The van der Waals surface area contributed by atoms with Crippen LogP contribution in [0.5, 0.6) is 0 Å². The van der Waals surface area contributed by atoms with Gasteiger partial charge >= 0.3 is 0 Å². The number of carbonyl (C=O) groups is 1. The Hall–Kier alpha value is -0.0800. The molecule has 17 heavy (non-hydrogen) atoms. The molecule has 1 saturated heterocycles. The first-order valence-corrected chi connectivity index (χ1v) is 7.08. The van der Waals surface area contributed by atoms with Gasteiger partial charge in [0.2, 0.25) is 0 Å². The topological polar surface area (TPSA) is 20.3 Å². The molecule has 0 aromatic heterocycles. The highest BCUT2D eigenvalue weighted by molar-refractivity contribution is 5.85. The van der Waals surface area contributed by atoms with Gasteiger partial charge in [0.25, 0.3) is 0 Å². The molecule has 2 nitrogen and oxygen atoms in total. The molecular weight excluding hydrogens is 234 g/mol. The first kappa shape index (κ1) is 15.0. The average molecular weight is 260 g/mol. The lowest BCUT2D eigenvalue weighted by Crippen LogP contribution is -2.46. The molecule has 0 aromatic carbocycles. The highest BCUT2D eigenvalue weighted by atomic mass is 35.5. The third kappa shape index (κ3) is 3.96. The van der Waals surface area contributed by atoms with Crippen molar-refractivity contribution in [1.29, 1.82) is 0 Å². The summed E-state index contributed by atoms with van der Waals surface area (Å²) < 4.78 is 0. The van der Waals surface area contributed by atoms with E-state index < -0.39 is 0 Å². The second kappa shape index (κ2) is 7.38. The quantitative estimate of drug-likeness (QED) is 0.774. The minimum Gasteiger partial charge on any atom is -0.298 e. The van der Waals surface area contributed by atoms with Gasteiger partial charge in [0.05, 0.1) is 6.04 Å². The van der Waals surface area contributed by atoms with E-state index in [1.54, 1.807) is 0 Å². The van der Waals surface area contributed by atoms with Crippen LogP contribution in [0.1, 0.15) is 58.3 Å². The Bertz CT molecular complexity index is 236. The van der Waals surface area contributed by atoms with Gasteiger partial charge in [-0.3, -0.25) is 9.69 Å². The Kier molecular flexibility index (Phi) is 6.50. The Morgan fingerprint density at radius 3 is 2.47 bits per heavy atom. The van der Waals surface area contributed by atoms with Crippen molar-refractivity contribution in [1.82, 2.24) is 4.90 Å². The lowest BCUT2D eigenvalue weighted by molar-refractivity contribution is -0.126. The van der Waals surface area contributed by atoms with Crippen LogP contribution in [-0.4, -0.2) is 29.8 Å². The zero-order chi connectivity index (χ0) is 11.4. The molecule has 0 spiro atoms. The normalized spacial score (nSPS) is 27.8. The predicted molar refractivity (Wildman–Crippen MR) is 73.7 cm³/mol. The van der Waals surface area contributed by atoms with Crippen molar-refractivity contribution in [3.05, 3.63) is 0 Å². The van der Waals surface area contributed by atoms with Crippen molar-refractivity contribution in [2.24, 2.45) is 5.92 Å². The van der Waals surface area contributed by atoms with E-state index in [1.807, 2.05) is 0 Å². The first-order valence-electron chi connectivity index (χ1n) is 7.08. The molecule has 2 rings (SSSR count). The van der Waals surface area contributed by atoms with Gasteiger partial charge in [-0.15, -0.1) is 12.4 Å². The number of halogens is 1. The molecule has 1 atom stereocenters. The van der Waals surface area contributed by atoms with Gasteiger partial charge in [0.15, 0.2) is 0 Å². The van der Waals surface area contributed by atoms with Crippen molar-refractivity contribution < 1.29 is 4.79 Å². The van der Waals surface area contributed by atoms with Crippen LogP contribution in [-0.2, 0) is 4.79 Å². The van der Waals surface area contributed by atoms with Crippen LogP contribution < -0.4 is 0 Å². The zero-order valence-electron chi connectivity index (χ0n) is 11.0. The number of nitrogens with zero attached hydrogens (tertiary/aromatic N) is 1. The summed E-state index contributed by atoms with van der Waals surface area (Å²) in [5.74, 6) is 1.44. The molecular formula is C14H26ClNO. The minimum absolute atomic E-state index is 0. The molecule has 1 unspecified atom stereocenters. The maximum Gasteiger partial charge on any atom is 0.149 e. The summed E-state index contributed by atoms with van der Waals surface area (Å²) in [5.41, 5.74) is 0. The van der Waals surface area contributed by atoms with E-state index in [0.29, 0.717) is 5.78 Å². The van der Waals surface area contributed by atoms with Gasteiger partial charge in [-0.05, 0) is 44.7 Å². The van der Waals surface area contributed by atoms with Crippen LogP contribution in [0, 0.1) is 5.92 Å². The van der Waals surface area contributed by atoms with Gasteiger partial charge < -0.3 is 0 Å². The molecule has 1 aliphatic carbocycles. The summed E-state index contributed by atoms with van der Waals surface area (Å²) in [5, 5.41) is 0. The zero-order valence-corrected chi connectivity index (χ0v) is 11.8. The molecule has 0 radical (unpaired) electrons. The van der Waals surface area contributed by atoms with E-state index in [2.05, 4.69) is 11.8 Å². The van der Waals surface area contributed by atoms with E-state index in [9.17, 15) is 4.79 Å². The summed E-state index contributed by atoms with van der Waals surface area (Å²) >= 11 is 0. The van der Waals surface area contributed by atoms with Crippen molar-refractivity contribution in [2.75, 3.05) is 13.1 Å². The summed E-state index contributed by atoms with van der Waals surface area (Å²) in [6.45, 7) is 4.61. The number of rotatable bonds is 3. The average Bonchev–Trinajstić information content (AvgIpc) is 2.31. The van der Waals surface area contributed by atoms with Crippen LogP contribution in [0.4, 0.5) is 0 Å². The van der Waals surface area contributed by atoms with Crippen molar-refractivity contribution in [3.63, 3.8) is 0 Å². The fourth-order valence-electron chi connectivity index (χ4n) is 3.31. The molecule has 2 fully saturated rings. The van der Waals surface area contributed by atoms with E-state index >= 15 is 0 Å². The number of hydrogen-bond donors (Lipinski definition) is 0. The molecule has 1 heterocycles. The fraction of sp³-hybridized carbons (Fsp3) is 0.929. The summed E-state index contributed by atoms with van der Waals surface area (Å²) in [7, 11) is 0. The van der Waals surface area contributed by atoms with E-state index in [0.717, 1.165) is 25.2 Å². The predicted octanol–water partition coefficient (Wildman–Crippen LogP) is 3.43. The van der Waals surface area contributed by atoms with Crippen LogP contribution in [0.25, 0.3) is 0 Å². The number of carbonyl (C=O) groups excluding carboxylic acids is 1. The van der Waals surface area contributed by atoms with Gasteiger partial charge in [-0.1, -0.05) is 26.2 Å². The fourth-order valence-corrected chi connectivity index (χ4v) is 3.31. The second-order valence-corrected chi connectivity index (χ2v) is 5.50. The Balaban J connectivity index is 0.00000144. The Morgan fingerprint density at radius 1 is 1.18 bits per heavy atom. The second-order valence-electron chi connectivity index (χ2n) is 5.50. The number of Topliss-reactive ketones (excluding diaryl/α,β-unsaturated/α-hetero) is 1. The van der Waals surface area contributed by atoms with Crippen molar-refractivity contribution in [3.8, 4) is 0 Å². The minimum atomic E-state index is 0. The third-order valence-corrected chi connectivity index (χ3v) is 4.31. The molecule has 0 N–H and O–H groups in total. The molecule has 1 saturated carbocycles. The van der Waals surface area contributed by atoms with Crippen LogP contribution in [0.2, 0.25) is 0 Å². The van der Waals surface area contributed by atoms with Gasteiger partial charge in [0, 0.05) is 6.42 Å². The Morgan fingerprint density at radius 2 is 1.88 bits per heavy atom. The highest BCUT2D eigenvalue weighted by Crippen LogP contribution is 2.27. The maximum absolute atomic E-state index is 11.9. The lowest BCUT2D eigenvalue weighted by atomic mass is 9.88. The number of hydrogen-bond acceptors (Lipinski definition) is 2. The summed E-state index contributed by atoms with van der Waals surface area (Å²) in [6, 6.07) is 0.288. The van der Waals surface area contributed by atoms with Crippen molar-refractivity contribution in [2.45, 2.75) is 64.3 Å². The van der Waals surface area contributed by atoms with E-state index in [-0.39, 0.29) is 18.4 Å². The van der Waals surface area contributed by atoms with E-state index in [1.165, 1.54) is 45.2 Å². The monoisotopic (exact) mass is 259 g/mol. The SMILES string of the molecule is CCCC1CCN(C2CCCCC2=O)CC1.Cl.